The molecule has 0 amide bonds. The lowest BCUT2D eigenvalue weighted by Crippen LogP contribution is -2.21. The first-order valence-corrected chi connectivity index (χ1v) is 9.12. The van der Waals surface area contributed by atoms with Crippen LogP contribution in [0.5, 0.6) is 11.5 Å². The van der Waals surface area contributed by atoms with E-state index in [2.05, 4.69) is 26.8 Å². The minimum Gasteiger partial charge on any atom is -0.493 e. The van der Waals surface area contributed by atoms with E-state index < -0.39 is 0 Å². The quantitative estimate of drug-likeness (QED) is 0.501. The van der Waals surface area contributed by atoms with Gasteiger partial charge in [0.25, 0.3) is 0 Å². The van der Waals surface area contributed by atoms with Crippen LogP contribution in [0.15, 0.2) is 77.3 Å². The summed E-state index contributed by atoms with van der Waals surface area (Å²) in [5.41, 5.74) is 9.53. The van der Waals surface area contributed by atoms with E-state index in [0.717, 1.165) is 32.8 Å². The van der Waals surface area contributed by atoms with Gasteiger partial charge in [0.15, 0.2) is 11.5 Å². The van der Waals surface area contributed by atoms with Crippen LogP contribution in [-0.2, 0) is 13.2 Å². The smallest absolute Gasteiger partial charge is 0.166 e. The molecule has 0 spiro atoms. The molecule has 26 heavy (non-hydrogen) atoms. The monoisotopic (exact) mass is 412 g/mol. The number of benzene rings is 3. The van der Waals surface area contributed by atoms with Gasteiger partial charge in [-0.1, -0.05) is 58.4 Å². The van der Waals surface area contributed by atoms with Crippen molar-refractivity contribution in [1.82, 2.24) is 5.43 Å². The highest BCUT2D eigenvalue weighted by molar-refractivity contribution is 9.10. The van der Waals surface area contributed by atoms with Gasteiger partial charge in [0.05, 0.1) is 7.11 Å². The van der Waals surface area contributed by atoms with Gasteiger partial charge in [-0.05, 0) is 35.9 Å². The first-order chi connectivity index (χ1) is 12.8. The number of ether oxygens (including phenoxy) is 2. The molecule has 0 bridgehead atoms. The summed E-state index contributed by atoms with van der Waals surface area (Å²) >= 11 is 3.45. The van der Waals surface area contributed by atoms with Gasteiger partial charge in [0.1, 0.15) is 6.61 Å². The Morgan fingerprint density at radius 1 is 0.885 bits per heavy atom. The zero-order valence-corrected chi connectivity index (χ0v) is 16.1. The van der Waals surface area contributed by atoms with Crippen molar-refractivity contribution in [2.75, 3.05) is 12.5 Å². The largest absolute Gasteiger partial charge is 0.493 e. The van der Waals surface area contributed by atoms with E-state index in [1.807, 2.05) is 72.8 Å². The van der Waals surface area contributed by atoms with Crippen molar-refractivity contribution in [2.24, 2.45) is 0 Å². The maximum atomic E-state index is 6.08. The minimum absolute atomic E-state index is 0.479. The molecule has 0 aliphatic carbocycles. The third-order valence-electron chi connectivity index (χ3n) is 3.86. The van der Waals surface area contributed by atoms with Gasteiger partial charge in [-0.25, -0.2) is 5.43 Å². The molecule has 3 aromatic rings. The predicted octanol–water partition coefficient (Wildman–Crippen LogP) is 5.15. The molecule has 0 saturated carbocycles. The van der Waals surface area contributed by atoms with Crippen LogP contribution >= 0.6 is 15.9 Å². The normalized spacial score (nSPS) is 10.4. The van der Waals surface area contributed by atoms with Crippen LogP contribution in [0, 0.1) is 0 Å². The standard InChI is InChI=1S/C21H21BrN2O2/c1-25-20-9-5-6-17(14-23-24-19-7-3-2-4-8-19)21(20)26-15-16-10-12-18(22)13-11-16/h2-13,23-24H,14-15H2,1H3. The maximum Gasteiger partial charge on any atom is 0.166 e. The van der Waals surface area contributed by atoms with Crippen LogP contribution in [0.3, 0.4) is 0 Å². The van der Waals surface area contributed by atoms with Gasteiger partial charge in [0.2, 0.25) is 0 Å². The Labute approximate surface area is 162 Å². The Morgan fingerprint density at radius 3 is 2.38 bits per heavy atom. The number of para-hydroxylation sites is 2. The van der Waals surface area contributed by atoms with E-state index in [1.54, 1.807) is 7.11 Å². The molecule has 0 heterocycles. The van der Waals surface area contributed by atoms with Crippen LogP contribution in [-0.4, -0.2) is 7.11 Å². The summed E-state index contributed by atoms with van der Waals surface area (Å²) in [5, 5.41) is 0. The minimum atomic E-state index is 0.479. The third-order valence-corrected chi connectivity index (χ3v) is 4.39. The van der Waals surface area contributed by atoms with Gasteiger partial charge in [-0.2, -0.15) is 0 Å². The second-order valence-electron chi connectivity index (χ2n) is 5.71. The number of rotatable bonds is 8. The molecule has 0 unspecified atom stereocenters. The fraction of sp³-hybridized carbons (Fsp3) is 0.143. The Morgan fingerprint density at radius 2 is 1.65 bits per heavy atom. The molecule has 0 atom stereocenters. The zero-order valence-electron chi connectivity index (χ0n) is 14.5. The molecule has 0 aliphatic rings. The molecular formula is C21H21BrN2O2. The van der Waals surface area contributed by atoms with Crippen LogP contribution in [0.4, 0.5) is 5.69 Å². The van der Waals surface area contributed by atoms with Crippen LogP contribution in [0.2, 0.25) is 0 Å². The molecule has 4 nitrogen and oxygen atoms in total. The van der Waals surface area contributed by atoms with Crippen LogP contribution in [0.25, 0.3) is 0 Å². The first kappa shape index (κ1) is 18.3. The van der Waals surface area contributed by atoms with E-state index >= 15 is 0 Å². The van der Waals surface area contributed by atoms with Crippen LogP contribution in [0.1, 0.15) is 11.1 Å². The lowest BCUT2D eigenvalue weighted by atomic mass is 10.2. The third kappa shape index (κ3) is 5.00. The molecule has 134 valence electrons. The van der Waals surface area contributed by atoms with Crippen LogP contribution < -0.4 is 20.3 Å². The molecule has 3 rings (SSSR count). The predicted molar refractivity (Wildman–Crippen MR) is 108 cm³/mol. The fourth-order valence-corrected chi connectivity index (χ4v) is 2.79. The van der Waals surface area contributed by atoms with Gasteiger partial charge >= 0.3 is 0 Å². The fourth-order valence-electron chi connectivity index (χ4n) is 2.52. The van der Waals surface area contributed by atoms with Crippen molar-refractivity contribution in [2.45, 2.75) is 13.2 Å². The van der Waals surface area contributed by atoms with Gasteiger partial charge in [-0.3, -0.25) is 0 Å². The van der Waals surface area contributed by atoms with E-state index in [0.29, 0.717) is 13.2 Å². The highest BCUT2D eigenvalue weighted by atomic mass is 79.9. The number of hydrogen-bond donors (Lipinski definition) is 2. The average Bonchev–Trinajstić information content (AvgIpc) is 2.69. The second-order valence-corrected chi connectivity index (χ2v) is 6.62. The molecule has 2 N–H and O–H groups in total. The summed E-state index contributed by atoms with van der Waals surface area (Å²) in [5.74, 6) is 1.47. The van der Waals surface area contributed by atoms with Crippen molar-refractivity contribution in [3.8, 4) is 11.5 Å². The SMILES string of the molecule is COc1cccc(CNNc2ccccc2)c1OCc1ccc(Br)cc1. The summed E-state index contributed by atoms with van der Waals surface area (Å²) in [7, 11) is 1.65. The number of nitrogens with one attached hydrogen (secondary N) is 2. The summed E-state index contributed by atoms with van der Waals surface area (Å²) in [6.07, 6.45) is 0. The van der Waals surface area contributed by atoms with Gasteiger partial charge in [-0.15, -0.1) is 0 Å². The summed E-state index contributed by atoms with van der Waals surface area (Å²) < 4.78 is 12.6. The number of anilines is 1. The first-order valence-electron chi connectivity index (χ1n) is 8.33. The average molecular weight is 413 g/mol. The van der Waals surface area contributed by atoms with Crippen molar-refractivity contribution in [3.05, 3.63) is 88.4 Å². The van der Waals surface area contributed by atoms with E-state index in [4.69, 9.17) is 9.47 Å². The van der Waals surface area contributed by atoms with E-state index in [1.165, 1.54) is 0 Å². The Hall–Kier alpha value is -2.50. The number of halogens is 1. The van der Waals surface area contributed by atoms with Crippen molar-refractivity contribution in [3.63, 3.8) is 0 Å². The van der Waals surface area contributed by atoms with E-state index in [-0.39, 0.29) is 0 Å². The van der Waals surface area contributed by atoms with Gasteiger partial charge < -0.3 is 14.9 Å². The molecule has 0 aliphatic heterocycles. The van der Waals surface area contributed by atoms with Crippen molar-refractivity contribution >= 4 is 21.6 Å². The summed E-state index contributed by atoms with van der Waals surface area (Å²) in [4.78, 5) is 0. The zero-order chi connectivity index (χ0) is 18.2. The lowest BCUT2D eigenvalue weighted by molar-refractivity contribution is 0.281. The number of hydrazine groups is 1. The Balaban J connectivity index is 1.67. The number of hydrogen-bond acceptors (Lipinski definition) is 4. The highest BCUT2D eigenvalue weighted by Gasteiger charge is 2.11. The molecule has 0 radical (unpaired) electrons. The lowest BCUT2D eigenvalue weighted by Gasteiger charge is -2.16. The molecule has 5 heteroatoms. The van der Waals surface area contributed by atoms with E-state index in [9.17, 15) is 0 Å². The topological polar surface area (TPSA) is 42.5 Å². The molecular weight excluding hydrogens is 392 g/mol. The second kappa shape index (κ2) is 9.27. The molecule has 3 aromatic carbocycles. The Bertz CT molecular complexity index is 823. The molecule has 0 aromatic heterocycles. The number of methoxy groups -OCH3 is 1. The summed E-state index contributed by atoms with van der Waals surface area (Å²) in [6, 6.07) is 24.0. The Kier molecular flexibility index (Phi) is 6.52. The maximum absolute atomic E-state index is 6.08. The van der Waals surface area contributed by atoms with Crippen molar-refractivity contribution < 1.29 is 9.47 Å². The molecule has 0 saturated heterocycles. The summed E-state index contributed by atoms with van der Waals surface area (Å²) in [6.45, 7) is 1.08. The van der Waals surface area contributed by atoms with Gasteiger partial charge in [0, 0.05) is 22.3 Å². The van der Waals surface area contributed by atoms with Crippen molar-refractivity contribution in [1.29, 1.82) is 0 Å². The highest BCUT2D eigenvalue weighted by Crippen LogP contribution is 2.32. The molecule has 0 fully saturated rings.